The van der Waals surface area contributed by atoms with Crippen LogP contribution in [0.3, 0.4) is 0 Å². The Morgan fingerprint density at radius 2 is 2.33 bits per heavy atom. The Hall–Kier alpha value is -0.100. The standard InChI is InChI=1S/C6H11O2P/c1-4-3-6(4,2)5(7)8-9/h4H,3,9H2,1-2H3. The molecule has 0 aliphatic heterocycles. The number of rotatable bonds is 1. The van der Waals surface area contributed by atoms with Gasteiger partial charge in [0.05, 0.1) is 14.9 Å². The fraction of sp³-hybridized carbons (Fsp3) is 0.833. The van der Waals surface area contributed by atoms with Crippen molar-refractivity contribution in [3.05, 3.63) is 0 Å². The molecular formula is C6H11O2P. The van der Waals surface area contributed by atoms with E-state index in [2.05, 4.69) is 11.4 Å². The summed E-state index contributed by atoms with van der Waals surface area (Å²) in [5.41, 5.74) is -0.165. The van der Waals surface area contributed by atoms with E-state index < -0.39 is 0 Å². The molecule has 0 aromatic carbocycles. The summed E-state index contributed by atoms with van der Waals surface area (Å²) in [6.07, 6.45) is 0.972. The van der Waals surface area contributed by atoms with E-state index >= 15 is 0 Å². The van der Waals surface area contributed by atoms with E-state index in [1.165, 1.54) is 0 Å². The number of hydrogen-bond acceptors (Lipinski definition) is 2. The third-order valence-corrected chi connectivity index (χ3v) is 2.45. The van der Waals surface area contributed by atoms with E-state index in [1.807, 2.05) is 16.4 Å². The van der Waals surface area contributed by atoms with Crippen molar-refractivity contribution in [3.63, 3.8) is 0 Å². The van der Waals surface area contributed by atoms with Gasteiger partial charge in [0.1, 0.15) is 0 Å². The van der Waals surface area contributed by atoms with Crippen LogP contribution in [0.15, 0.2) is 0 Å². The summed E-state index contributed by atoms with van der Waals surface area (Å²) >= 11 is 0. The van der Waals surface area contributed by atoms with Crippen molar-refractivity contribution >= 4 is 15.4 Å². The van der Waals surface area contributed by atoms with E-state index in [0.29, 0.717) is 5.92 Å². The van der Waals surface area contributed by atoms with Crippen molar-refractivity contribution in [1.29, 1.82) is 0 Å². The van der Waals surface area contributed by atoms with Crippen LogP contribution < -0.4 is 0 Å². The predicted molar refractivity (Wildman–Crippen MR) is 37.7 cm³/mol. The van der Waals surface area contributed by atoms with Crippen LogP contribution in [0.1, 0.15) is 20.3 Å². The van der Waals surface area contributed by atoms with Crippen molar-refractivity contribution in [2.24, 2.45) is 11.3 Å². The van der Waals surface area contributed by atoms with Crippen molar-refractivity contribution in [1.82, 2.24) is 0 Å². The van der Waals surface area contributed by atoms with E-state index in [1.54, 1.807) is 0 Å². The molecule has 0 aromatic heterocycles. The zero-order valence-corrected chi connectivity index (χ0v) is 6.83. The van der Waals surface area contributed by atoms with Gasteiger partial charge in [0.25, 0.3) is 0 Å². The highest BCUT2D eigenvalue weighted by atomic mass is 31.0. The topological polar surface area (TPSA) is 26.3 Å². The van der Waals surface area contributed by atoms with Crippen molar-refractivity contribution in [2.75, 3.05) is 0 Å². The van der Waals surface area contributed by atoms with Gasteiger partial charge in [0.15, 0.2) is 0 Å². The lowest BCUT2D eigenvalue weighted by Crippen LogP contribution is -2.12. The fourth-order valence-corrected chi connectivity index (χ4v) is 1.27. The zero-order valence-electron chi connectivity index (χ0n) is 5.68. The largest absolute Gasteiger partial charge is 0.451 e. The third kappa shape index (κ3) is 0.963. The van der Waals surface area contributed by atoms with Crippen LogP contribution in [-0.2, 0) is 9.32 Å². The summed E-state index contributed by atoms with van der Waals surface area (Å²) in [6, 6.07) is 0. The molecule has 0 spiro atoms. The van der Waals surface area contributed by atoms with Gasteiger partial charge in [-0.25, -0.2) is 0 Å². The Morgan fingerprint density at radius 3 is 2.44 bits per heavy atom. The fourth-order valence-electron chi connectivity index (χ4n) is 0.996. The summed E-state index contributed by atoms with van der Waals surface area (Å²) in [4.78, 5) is 10.9. The Morgan fingerprint density at radius 1 is 1.89 bits per heavy atom. The van der Waals surface area contributed by atoms with E-state index in [4.69, 9.17) is 0 Å². The van der Waals surface area contributed by atoms with E-state index in [0.717, 1.165) is 6.42 Å². The summed E-state index contributed by atoms with van der Waals surface area (Å²) in [6.45, 7) is 3.99. The lowest BCUT2D eigenvalue weighted by molar-refractivity contribution is -0.139. The number of hydrogen-bond donors (Lipinski definition) is 0. The van der Waals surface area contributed by atoms with Gasteiger partial charge < -0.3 is 4.52 Å². The second-order valence-corrected chi connectivity index (χ2v) is 3.16. The first kappa shape index (κ1) is 7.01. The molecule has 0 aromatic rings. The van der Waals surface area contributed by atoms with Gasteiger partial charge >= 0.3 is 5.97 Å². The van der Waals surface area contributed by atoms with Gasteiger partial charge in [0.2, 0.25) is 0 Å². The average Bonchev–Trinajstić information content (AvgIpc) is 2.41. The molecule has 1 rings (SSSR count). The lowest BCUT2D eigenvalue weighted by Gasteiger charge is -2.04. The minimum atomic E-state index is -0.165. The van der Waals surface area contributed by atoms with Gasteiger partial charge in [-0.1, -0.05) is 6.92 Å². The molecule has 3 heteroatoms. The Kier molecular flexibility index (Phi) is 1.52. The average molecular weight is 146 g/mol. The molecular weight excluding hydrogens is 135 g/mol. The maximum Gasteiger partial charge on any atom is 0.314 e. The summed E-state index contributed by atoms with van der Waals surface area (Å²) in [5.74, 6) is 0.408. The molecule has 1 saturated carbocycles. The van der Waals surface area contributed by atoms with Crippen molar-refractivity contribution < 1.29 is 9.32 Å². The highest BCUT2D eigenvalue weighted by Gasteiger charge is 2.54. The molecule has 0 saturated heterocycles. The predicted octanol–water partition coefficient (Wildman–Crippen LogP) is 1.37. The van der Waals surface area contributed by atoms with Crippen molar-refractivity contribution in [2.45, 2.75) is 20.3 Å². The molecule has 52 valence electrons. The van der Waals surface area contributed by atoms with Gasteiger partial charge in [-0.15, -0.1) is 0 Å². The smallest absolute Gasteiger partial charge is 0.314 e. The van der Waals surface area contributed by atoms with Gasteiger partial charge in [-0.3, -0.25) is 4.79 Å². The first-order valence-corrected chi connectivity index (χ1v) is 3.49. The lowest BCUT2D eigenvalue weighted by atomic mass is 10.1. The first-order valence-electron chi connectivity index (χ1n) is 3.02. The number of carbonyl (C=O) groups is 1. The SMILES string of the molecule is CC1CC1(C)C(=O)OP. The van der Waals surface area contributed by atoms with Crippen molar-refractivity contribution in [3.8, 4) is 0 Å². The monoisotopic (exact) mass is 146 g/mol. The molecule has 3 atom stereocenters. The molecule has 2 nitrogen and oxygen atoms in total. The Labute approximate surface area is 57.2 Å². The van der Waals surface area contributed by atoms with E-state index in [-0.39, 0.29) is 11.4 Å². The molecule has 0 bridgehead atoms. The molecule has 0 amide bonds. The minimum Gasteiger partial charge on any atom is -0.451 e. The van der Waals surface area contributed by atoms with Crippen LogP contribution in [0.2, 0.25) is 0 Å². The molecule has 9 heavy (non-hydrogen) atoms. The third-order valence-electron chi connectivity index (χ3n) is 2.23. The summed E-state index contributed by atoms with van der Waals surface area (Å²) in [7, 11) is 1.99. The first-order chi connectivity index (χ1) is 4.11. The van der Waals surface area contributed by atoms with Crippen LogP contribution in [0.25, 0.3) is 0 Å². The quantitative estimate of drug-likeness (QED) is 0.522. The Balaban J connectivity index is 2.53. The van der Waals surface area contributed by atoms with Gasteiger partial charge in [0, 0.05) is 0 Å². The summed E-state index contributed by atoms with van der Waals surface area (Å²) in [5, 5.41) is 0. The summed E-state index contributed by atoms with van der Waals surface area (Å²) < 4.78 is 4.53. The number of carbonyl (C=O) groups excluding carboxylic acids is 1. The van der Waals surface area contributed by atoms with Crippen LogP contribution >= 0.6 is 9.47 Å². The molecule has 0 heterocycles. The molecule has 3 unspecified atom stereocenters. The Bertz CT molecular complexity index is 146. The maximum atomic E-state index is 10.9. The zero-order chi connectivity index (χ0) is 7.07. The van der Waals surface area contributed by atoms with Gasteiger partial charge in [-0.2, -0.15) is 0 Å². The van der Waals surface area contributed by atoms with Crippen LogP contribution in [-0.4, -0.2) is 5.97 Å². The second kappa shape index (κ2) is 1.95. The maximum absolute atomic E-state index is 10.9. The molecule has 1 aliphatic rings. The van der Waals surface area contributed by atoms with E-state index in [9.17, 15) is 4.79 Å². The van der Waals surface area contributed by atoms with Gasteiger partial charge in [-0.05, 0) is 19.3 Å². The second-order valence-electron chi connectivity index (χ2n) is 2.93. The van der Waals surface area contributed by atoms with Crippen LogP contribution in [0.5, 0.6) is 0 Å². The molecule has 0 N–H and O–H groups in total. The van der Waals surface area contributed by atoms with Crippen LogP contribution in [0, 0.1) is 11.3 Å². The molecule has 1 fully saturated rings. The minimum absolute atomic E-state index is 0.0972. The normalized spacial score (nSPS) is 40.1. The highest BCUT2D eigenvalue weighted by Crippen LogP contribution is 2.52. The van der Waals surface area contributed by atoms with Crippen LogP contribution in [0.4, 0.5) is 0 Å². The molecule has 0 radical (unpaired) electrons. The highest BCUT2D eigenvalue weighted by molar-refractivity contribution is 7.10. The molecule has 1 aliphatic carbocycles.